The molecule has 0 bridgehead atoms. The molecule has 20 heavy (non-hydrogen) atoms. The van der Waals surface area contributed by atoms with E-state index in [2.05, 4.69) is 4.72 Å². The van der Waals surface area contributed by atoms with Crippen LogP contribution in [-0.2, 0) is 14.8 Å². The van der Waals surface area contributed by atoms with Crippen molar-refractivity contribution >= 4 is 21.7 Å². The van der Waals surface area contributed by atoms with Gasteiger partial charge in [0.25, 0.3) is 0 Å². The van der Waals surface area contributed by atoms with Crippen LogP contribution >= 0.6 is 0 Å². The second kappa shape index (κ2) is 5.78. The number of aromatic carboxylic acids is 1. The van der Waals surface area contributed by atoms with Crippen molar-refractivity contribution in [3.63, 3.8) is 0 Å². The quantitative estimate of drug-likeness (QED) is 0.678. The van der Waals surface area contributed by atoms with E-state index in [4.69, 9.17) is 15.6 Å². The molecular weight excluding hydrogens is 284 g/mol. The van der Waals surface area contributed by atoms with Crippen molar-refractivity contribution in [3.05, 3.63) is 23.8 Å². The SMILES string of the molecule is Nc1ccc(C(=O)O)c(S(=O)(=O)NCC2CCCO2)c1. The van der Waals surface area contributed by atoms with Crippen LogP contribution in [0.25, 0.3) is 0 Å². The lowest BCUT2D eigenvalue weighted by Crippen LogP contribution is -2.32. The average molecular weight is 300 g/mol. The molecule has 0 aromatic heterocycles. The molecule has 1 atom stereocenters. The van der Waals surface area contributed by atoms with Crippen LogP contribution in [0, 0.1) is 0 Å². The third-order valence-electron chi connectivity index (χ3n) is 3.05. The maximum Gasteiger partial charge on any atom is 0.337 e. The Balaban J connectivity index is 2.23. The number of carboxylic acids is 1. The smallest absolute Gasteiger partial charge is 0.337 e. The highest BCUT2D eigenvalue weighted by atomic mass is 32.2. The Labute approximate surface area is 116 Å². The first-order valence-corrected chi connectivity index (χ1v) is 7.62. The van der Waals surface area contributed by atoms with E-state index < -0.39 is 16.0 Å². The molecule has 1 fully saturated rings. The van der Waals surface area contributed by atoms with Gasteiger partial charge in [0, 0.05) is 18.8 Å². The molecule has 7 nitrogen and oxygen atoms in total. The Morgan fingerprint density at radius 2 is 2.25 bits per heavy atom. The lowest BCUT2D eigenvalue weighted by molar-refractivity contribution is 0.0692. The summed E-state index contributed by atoms with van der Waals surface area (Å²) in [5.74, 6) is -1.32. The van der Waals surface area contributed by atoms with Crippen LogP contribution in [-0.4, -0.2) is 38.7 Å². The molecule has 8 heteroatoms. The number of nitrogens with one attached hydrogen (secondary N) is 1. The third-order valence-corrected chi connectivity index (χ3v) is 4.51. The molecule has 1 heterocycles. The summed E-state index contributed by atoms with van der Waals surface area (Å²) in [5.41, 5.74) is 5.41. The van der Waals surface area contributed by atoms with Crippen LogP contribution < -0.4 is 10.5 Å². The number of ether oxygens (including phenoxy) is 1. The standard InChI is InChI=1S/C12H16N2O5S/c13-8-3-4-10(12(15)16)11(6-8)20(17,18)14-7-9-2-1-5-19-9/h3-4,6,9,14H,1-2,5,7,13H2,(H,15,16). The highest BCUT2D eigenvalue weighted by Crippen LogP contribution is 2.20. The molecule has 0 amide bonds. The number of hydrogen-bond acceptors (Lipinski definition) is 5. The van der Waals surface area contributed by atoms with Gasteiger partial charge in [-0.25, -0.2) is 17.9 Å². The second-order valence-electron chi connectivity index (χ2n) is 4.55. The summed E-state index contributed by atoms with van der Waals surface area (Å²) < 4.78 is 32.0. The van der Waals surface area contributed by atoms with E-state index in [0.717, 1.165) is 18.9 Å². The molecule has 0 spiro atoms. The number of hydrogen-bond donors (Lipinski definition) is 3. The topological polar surface area (TPSA) is 119 Å². The highest BCUT2D eigenvalue weighted by Gasteiger charge is 2.24. The van der Waals surface area contributed by atoms with Gasteiger partial charge in [0.15, 0.2) is 0 Å². The minimum absolute atomic E-state index is 0.121. The first-order chi connectivity index (χ1) is 9.40. The van der Waals surface area contributed by atoms with Crippen molar-refractivity contribution < 1.29 is 23.1 Å². The Kier molecular flexibility index (Phi) is 4.26. The van der Waals surface area contributed by atoms with Crippen LogP contribution in [0.5, 0.6) is 0 Å². The van der Waals surface area contributed by atoms with Gasteiger partial charge in [0.05, 0.1) is 16.6 Å². The summed E-state index contributed by atoms with van der Waals surface area (Å²) in [7, 11) is -3.94. The first-order valence-electron chi connectivity index (χ1n) is 6.14. The molecule has 110 valence electrons. The van der Waals surface area contributed by atoms with E-state index in [0.29, 0.717) is 6.61 Å². The molecular formula is C12H16N2O5S. The lowest BCUT2D eigenvalue weighted by atomic mass is 10.2. The minimum atomic E-state index is -3.94. The van der Waals surface area contributed by atoms with E-state index in [1.165, 1.54) is 12.1 Å². The Bertz CT molecular complexity index is 608. The Morgan fingerprint density at radius 3 is 2.85 bits per heavy atom. The number of nitrogens with two attached hydrogens (primary N) is 1. The van der Waals surface area contributed by atoms with Gasteiger partial charge in [-0.05, 0) is 31.0 Å². The number of carbonyl (C=O) groups is 1. The monoisotopic (exact) mass is 300 g/mol. The van der Waals surface area contributed by atoms with Gasteiger partial charge >= 0.3 is 5.97 Å². The molecule has 0 saturated carbocycles. The van der Waals surface area contributed by atoms with Gasteiger partial charge in [0.2, 0.25) is 10.0 Å². The van der Waals surface area contributed by atoms with E-state index in [9.17, 15) is 13.2 Å². The summed E-state index contributed by atoms with van der Waals surface area (Å²) in [6.45, 7) is 0.737. The summed E-state index contributed by atoms with van der Waals surface area (Å²) in [5, 5.41) is 9.04. The van der Waals surface area contributed by atoms with Gasteiger partial charge in [-0.1, -0.05) is 0 Å². The van der Waals surface area contributed by atoms with Gasteiger partial charge in [-0.2, -0.15) is 0 Å². The summed E-state index contributed by atoms with van der Waals surface area (Å²) in [6, 6.07) is 3.67. The van der Waals surface area contributed by atoms with Crippen molar-refractivity contribution in [1.29, 1.82) is 0 Å². The van der Waals surface area contributed by atoms with Gasteiger partial charge in [0.1, 0.15) is 0 Å². The summed E-state index contributed by atoms with van der Waals surface area (Å²) in [6.07, 6.45) is 1.51. The molecule has 1 aliphatic heterocycles. The molecule has 2 rings (SSSR count). The van der Waals surface area contributed by atoms with Crippen LogP contribution in [0.4, 0.5) is 5.69 Å². The van der Waals surface area contributed by atoms with Gasteiger partial charge < -0.3 is 15.6 Å². The normalized spacial score (nSPS) is 19.1. The minimum Gasteiger partial charge on any atom is -0.478 e. The van der Waals surface area contributed by atoms with Crippen molar-refractivity contribution in [2.24, 2.45) is 0 Å². The molecule has 1 saturated heterocycles. The molecule has 1 aromatic rings. The van der Waals surface area contributed by atoms with Gasteiger partial charge in [-0.15, -0.1) is 0 Å². The zero-order valence-electron chi connectivity index (χ0n) is 10.7. The van der Waals surface area contributed by atoms with Crippen LogP contribution in [0.3, 0.4) is 0 Å². The molecule has 0 aliphatic carbocycles. The Hall–Kier alpha value is -1.64. The number of rotatable bonds is 5. The first kappa shape index (κ1) is 14.8. The van der Waals surface area contributed by atoms with Crippen molar-refractivity contribution in [1.82, 2.24) is 4.72 Å². The Morgan fingerprint density at radius 1 is 1.50 bits per heavy atom. The fourth-order valence-corrected chi connectivity index (χ4v) is 3.32. The summed E-state index contributed by atoms with van der Waals surface area (Å²) >= 11 is 0. The molecule has 0 radical (unpaired) electrons. The number of sulfonamides is 1. The third kappa shape index (κ3) is 3.27. The molecule has 1 aliphatic rings. The predicted octanol–water partition coefficient (Wildman–Crippen LogP) is 0.424. The number of nitrogen functional groups attached to an aromatic ring is 1. The van der Waals surface area contributed by atoms with E-state index in [1.54, 1.807) is 0 Å². The van der Waals surface area contributed by atoms with Crippen LogP contribution in [0.15, 0.2) is 23.1 Å². The number of carboxylic acid groups (broad SMARTS) is 1. The van der Waals surface area contributed by atoms with Crippen LogP contribution in [0.2, 0.25) is 0 Å². The van der Waals surface area contributed by atoms with Crippen molar-refractivity contribution in [2.45, 2.75) is 23.8 Å². The molecule has 4 N–H and O–H groups in total. The fraction of sp³-hybridized carbons (Fsp3) is 0.417. The zero-order valence-corrected chi connectivity index (χ0v) is 11.5. The predicted molar refractivity (Wildman–Crippen MR) is 72.0 cm³/mol. The largest absolute Gasteiger partial charge is 0.478 e. The molecule has 1 aromatic carbocycles. The second-order valence-corrected chi connectivity index (χ2v) is 6.28. The van der Waals surface area contributed by atoms with E-state index in [-0.39, 0.29) is 28.8 Å². The number of benzene rings is 1. The summed E-state index contributed by atoms with van der Waals surface area (Å²) in [4.78, 5) is 10.8. The van der Waals surface area contributed by atoms with E-state index in [1.807, 2.05) is 0 Å². The maximum atomic E-state index is 12.2. The zero-order chi connectivity index (χ0) is 14.8. The molecule has 1 unspecified atom stereocenters. The lowest BCUT2D eigenvalue weighted by Gasteiger charge is -2.13. The van der Waals surface area contributed by atoms with Gasteiger partial charge in [-0.3, -0.25) is 0 Å². The van der Waals surface area contributed by atoms with Crippen molar-refractivity contribution in [3.8, 4) is 0 Å². The average Bonchev–Trinajstić information content (AvgIpc) is 2.89. The maximum absolute atomic E-state index is 12.2. The fourth-order valence-electron chi connectivity index (χ4n) is 2.02. The van der Waals surface area contributed by atoms with E-state index >= 15 is 0 Å². The van der Waals surface area contributed by atoms with Crippen LogP contribution in [0.1, 0.15) is 23.2 Å². The van der Waals surface area contributed by atoms with Crippen molar-refractivity contribution in [2.75, 3.05) is 18.9 Å². The highest BCUT2D eigenvalue weighted by molar-refractivity contribution is 7.89. The number of anilines is 1.